The summed E-state index contributed by atoms with van der Waals surface area (Å²) in [6.07, 6.45) is 2.09. The summed E-state index contributed by atoms with van der Waals surface area (Å²) in [5, 5.41) is 6.64. The van der Waals surface area contributed by atoms with Gasteiger partial charge in [0.2, 0.25) is 11.7 Å². The van der Waals surface area contributed by atoms with Gasteiger partial charge in [-0.15, -0.1) is 0 Å². The Labute approximate surface area is 158 Å². The Balaban J connectivity index is 1.68. The number of furan rings is 1. The molecule has 27 heavy (non-hydrogen) atoms. The number of hydrogen-bond donors (Lipinski definition) is 1. The Morgan fingerprint density at radius 1 is 1.22 bits per heavy atom. The third-order valence-electron chi connectivity index (χ3n) is 4.63. The van der Waals surface area contributed by atoms with Crippen molar-refractivity contribution >= 4 is 11.8 Å². The zero-order valence-electron chi connectivity index (χ0n) is 16.0. The quantitative estimate of drug-likeness (QED) is 0.830. The molecule has 1 N–H and O–H groups in total. The highest BCUT2D eigenvalue weighted by Crippen LogP contribution is 2.20. The fourth-order valence-corrected chi connectivity index (χ4v) is 3.09. The van der Waals surface area contributed by atoms with Crippen LogP contribution < -0.4 is 5.32 Å². The maximum absolute atomic E-state index is 12.9. The first-order valence-electron chi connectivity index (χ1n) is 9.23. The van der Waals surface area contributed by atoms with Gasteiger partial charge < -0.3 is 24.1 Å². The van der Waals surface area contributed by atoms with Crippen LogP contribution >= 0.6 is 0 Å². The van der Waals surface area contributed by atoms with Crippen LogP contribution in [-0.2, 0) is 4.79 Å². The number of nitrogens with zero attached hydrogens (tertiary/aromatic N) is 3. The molecule has 0 unspecified atom stereocenters. The normalized spacial score (nSPS) is 16.5. The van der Waals surface area contributed by atoms with Crippen LogP contribution in [0.25, 0.3) is 11.5 Å². The topological polar surface area (TPSA) is 91.8 Å². The molecule has 8 nitrogen and oxygen atoms in total. The predicted octanol–water partition coefficient (Wildman–Crippen LogP) is 1.85. The lowest BCUT2D eigenvalue weighted by atomic mass is 10.0. The van der Waals surface area contributed by atoms with Crippen LogP contribution in [0.1, 0.15) is 30.8 Å². The molecule has 0 spiro atoms. The van der Waals surface area contributed by atoms with Gasteiger partial charge in [-0.2, -0.15) is 0 Å². The van der Waals surface area contributed by atoms with Crippen molar-refractivity contribution in [2.75, 3.05) is 33.2 Å². The summed E-state index contributed by atoms with van der Waals surface area (Å²) in [6, 6.07) is 4.39. The van der Waals surface area contributed by atoms with E-state index in [9.17, 15) is 9.59 Å². The minimum Gasteiger partial charge on any atom is -0.461 e. The minimum atomic E-state index is -0.579. The molecule has 0 aromatic carbocycles. The van der Waals surface area contributed by atoms with Gasteiger partial charge in [-0.05, 0) is 31.5 Å². The molecule has 8 heteroatoms. The lowest BCUT2D eigenvalue weighted by Crippen LogP contribution is -2.54. The van der Waals surface area contributed by atoms with E-state index < -0.39 is 11.9 Å². The molecule has 146 valence electrons. The van der Waals surface area contributed by atoms with Crippen LogP contribution in [0.5, 0.6) is 0 Å². The average molecular weight is 374 g/mol. The van der Waals surface area contributed by atoms with E-state index in [1.165, 1.54) is 12.3 Å². The van der Waals surface area contributed by atoms with Gasteiger partial charge in [0.25, 0.3) is 5.91 Å². The smallest absolute Gasteiger partial charge is 0.274 e. The number of nitrogens with one attached hydrogen (secondary N) is 1. The van der Waals surface area contributed by atoms with E-state index in [2.05, 4.69) is 15.4 Å². The predicted molar refractivity (Wildman–Crippen MR) is 99.0 cm³/mol. The van der Waals surface area contributed by atoms with Crippen LogP contribution in [-0.4, -0.2) is 66.0 Å². The Morgan fingerprint density at radius 2 is 1.96 bits per heavy atom. The molecule has 0 radical (unpaired) electrons. The minimum absolute atomic E-state index is 0.0418. The lowest BCUT2D eigenvalue weighted by molar-refractivity contribution is -0.135. The Kier molecular flexibility index (Phi) is 5.95. The molecule has 3 heterocycles. The fraction of sp³-hybridized carbons (Fsp3) is 0.526. The van der Waals surface area contributed by atoms with Crippen molar-refractivity contribution in [2.45, 2.75) is 26.3 Å². The molecule has 2 aromatic heterocycles. The van der Waals surface area contributed by atoms with Crippen LogP contribution in [0, 0.1) is 5.92 Å². The summed E-state index contributed by atoms with van der Waals surface area (Å²) in [5.74, 6) is 0.664. The summed E-state index contributed by atoms with van der Waals surface area (Å²) in [6.45, 7) is 7.08. The van der Waals surface area contributed by atoms with Crippen LogP contribution in [0.2, 0.25) is 0 Å². The van der Waals surface area contributed by atoms with Gasteiger partial charge in [0, 0.05) is 32.2 Å². The number of likely N-dealkylation sites (N-methyl/N-ethyl adjacent to an activating group) is 1. The number of rotatable bonds is 6. The van der Waals surface area contributed by atoms with Crippen LogP contribution in [0.4, 0.5) is 0 Å². The number of aromatic nitrogens is 1. The Bertz CT molecular complexity index is 761. The van der Waals surface area contributed by atoms with Gasteiger partial charge in [-0.1, -0.05) is 19.0 Å². The van der Waals surface area contributed by atoms with E-state index in [4.69, 9.17) is 8.94 Å². The Morgan fingerprint density at radius 3 is 2.59 bits per heavy atom. The molecule has 1 aliphatic heterocycles. The van der Waals surface area contributed by atoms with Crippen molar-refractivity contribution in [1.29, 1.82) is 0 Å². The molecule has 0 bridgehead atoms. The number of hydrogen-bond acceptors (Lipinski definition) is 6. The van der Waals surface area contributed by atoms with Crippen molar-refractivity contribution < 1.29 is 18.5 Å². The van der Waals surface area contributed by atoms with Crippen molar-refractivity contribution in [3.8, 4) is 11.5 Å². The highest BCUT2D eigenvalue weighted by atomic mass is 16.5. The third-order valence-corrected chi connectivity index (χ3v) is 4.63. The summed E-state index contributed by atoms with van der Waals surface area (Å²) in [7, 11) is 2.04. The molecular weight excluding hydrogens is 348 g/mol. The number of piperazine rings is 1. The van der Waals surface area contributed by atoms with Gasteiger partial charge in [0.15, 0.2) is 11.5 Å². The van der Waals surface area contributed by atoms with Crippen molar-refractivity contribution in [2.24, 2.45) is 5.92 Å². The number of carbonyl (C=O) groups is 2. The summed E-state index contributed by atoms with van der Waals surface area (Å²) < 4.78 is 10.4. The van der Waals surface area contributed by atoms with E-state index in [0.29, 0.717) is 31.0 Å². The largest absolute Gasteiger partial charge is 0.461 e. The fourth-order valence-electron chi connectivity index (χ4n) is 3.09. The highest BCUT2D eigenvalue weighted by Gasteiger charge is 2.29. The summed E-state index contributed by atoms with van der Waals surface area (Å²) in [4.78, 5) is 29.6. The summed E-state index contributed by atoms with van der Waals surface area (Å²) in [5.41, 5.74) is 0.126. The second-order valence-corrected chi connectivity index (χ2v) is 7.34. The van der Waals surface area contributed by atoms with Crippen molar-refractivity contribution in [1.82, 2.24) is 20.3 Å². The van der Waals surface area contributed by atoms with Gasteiger partial charge in [0.05, 0.1) is 6.26 Å². The van der Waals surface area contributed by atoms with E-state index >= 15 is 0 Å². The number of carbonyl (C=O) groups excluding carboxylic acids is 2. The molecular formula is C19H26N4O4. The number of amides is 2. The summed E-state index contributed by atoms with van der Waals surface area (Å²) >= 11 is 0. The molecule has 3 rings (SSSR count). The first-order chi connectivity index (χ1) is 12.9. The van der Waals surface area contributed by atoms with Crippen LogP contribution in [0.15, 0.2) is 33.4 Å². The first kappa shape index (κ1) is 19.2. The SMILES string of the molecule is CC(C)C[C@@H](NC(=O)c1cc(-c2ccco2)on1)C(=O)N1CCN(C)CC1. The second kappa shape index (κ2) is 8.39. The third kappa shape index (κ3) is 4.77. The molecule has 0 aliphatic carbocycles. The van der Waals surface area contributed by atoms with Crippen molar-refractivity contribution in [3.63, 3.8) is 0 Å². The van der Waals surface area contributed by atoms with Gasteiger partial charge in [0.1, 0.15) is 6.04 Å². The van der Waals surface area contributed by atoms with Crippen LogP contribution in [0.3, 0.4) is 0 Å². The lowest BCUT2D eigenvalue weighted by Gasteiger charge is -2.35. The second-order valence-electron chi connectivity index (χ2n) is 7.34. The molecule has 1 aliphatic rings. The Hall–Kier alpha value is -2.61. The zero-order chi connectivity index (χ0) is 19.4. The monoisotopic (exact) mass is 374 g/mol. The standard InChI is InChI=1S/C19H26N4O4/c1-13(2)11-15(19(25)23-8-6-22(3)7-9-23)20-18(24)14-12-17(27-21-14)16-5-4-10-26-16/h4-5,10,12-13,15H,6-9,11H2,1-3H3,(H,20,24)/t15-/m1/s1. The van der Waals surface area contributed by atoms with E-state index in [1.807, 2.05) is 25.8 Å². The zero-order valence-corrected chi connectivity index (χ0v) is 16.0. The molecule has 2 amide bonds. The van der Waals surface area contributed by atoms with E-state index in [-0.39, 0.29) is 17.5 Å². The molecule has 0 saturated carbocycles. The van der Waals surface area contributed by atoms with Gasteiger partial charge in [-0.25, -0.2) is 0 Å². The molecule has 1 fully saturated rings. The molecule has 1 atom stereocenters. The molecule has 2 aromatic rings. The maximum Gasteiger partial charge on any atom is 0.274 e. The average Bonchev–Trinajstić information content (AvgIpc) is 3.32. The van der Waals surface area contributed by atoms with Gasteiger partial charge in [-0.3, -0.25) is 9.59 Å². The maximum atomic E-state index is 12.9. The van der Waals surface area contributed by atoms with Gasteiger partial charge >= 0.3 is 0 Å². The highest BCUT2D eigenvalue weighted by molar-refractivity contribution is 5.96. The first-order valence-corrected chi connectivity index (χ1v) is 9.23. The molecule has 1 saturated heterocycles. The van der Waals surface area contributed by atoms with E-state index in [0.717, 1.165) is 13.1 Å². The van der Waals surface area contributed by atoms with E-state index in [1.54, 1.807) is 12.1 Å². The van der Waals surface area contributed by atoms with Crippen molar-refractivity contribution in [3.05, 3.63) is 30.2 Å².